The van der Waals surface area contributed by atoms with E-state index >= 15 is 0 Å². The van der Waals surface area contributed by atoms with Crippen molar-refractivity contribution >= 4 is 46.9 Å². The van der Waals surface area contributed by atoms with Gasteiger partial charge < -0.3 is 0 Å². The molecule has 2 aromatic rings. The fourth-order valence-electron chi connectivity index (χ4n) is 1.88. The van der Waals surface area contributed by atoms with Crippen molar-refractivity contribution in [3.63, 3.8) is 0 Å². The largest absolute Gasteiger partial charge is 0.154 e. The van der Waals surface area contributed by atoms with Crippen molar-refractivity contribution in [1.82, 2.24) is 0 Å². The van der Waals surface area contributed by atoms with Crippen LogP contribution in [0.4, 0.5) is 0 Å². The van der Waals surface area contributed by atoms with E-state index in [1.807, 2.05) is 22.7 Å². The minimum atomic E-state index is -1.29. The van der Waals surface area contributed by atoms with Gasteiger partial charge in [0, 0.05) is 0 Å². The highest BCUT2D eigenvalue weighted by Crippen LogP contribution is 2.22. The van der Waals surface area contributed by atoms with Crippen LogP contribution in [0.3, 0.4) is 0 Å². The van der Waals surface area contributed by atoms with Gasteiger partial charge in [-0.1, -0.05) is 50.5 Å². The Bertz CT molecular complexity index is 397. The van der Waals surface area contributed by atoms with Crippen molar-refractivity contribution in [2.24, 2.45) is 0 Å². The summed E-state index contributed by atoms with van der Waals surface area (Å²) in [5.41, 5.74) is 0. The Morgan fingerprint density at radius 3 is 1.38 bits per heavy atom. The first-order chi connectivity index (χ1) is 7.46. The van der Waals surface area contributed by atoms with Gasteiger partial charge in [-0.2, -0.15) is 22.7 Å². The van der Waals surface area contributed by atoms with Crippen LogP contribution in [-0.4, -0.2) is 15.2 Å². The molecule has 0 unspecified atom stereocenters. The average Bonchev–Trinajstić information content (AvgIpc) is 2.91. The molecular formula is C12H18S2Si2. The van der Waals surface area contributed by atoms with Gasteiger partial charge in [0.05, 0.1) is 15.2 Å². The Labute approximate surface area is 108 Å². The molecule has 0 atom stereocenters. The van der Waals surface area contributed by atoms with Crippen LogP contribution < -0.4 is 9.00 Å². The zero-order valence-electron chi connectivity index (χ0n) is 10.3. The van der Waals surface area contributed by atoms with Gasteiger partial charge in [-0.3, -0.25) is 0 Å². The smallest absolute Gasteiger partial charge is 0.0927 e. The summed E-state index contributed by atoms with van der Waals surface area (Å²) in [6.45, 7) is 10.2. The molecule has 16 heavy (non-hydrogen) atoms. The van der Waals surface area contributed by atoms with Gasteiger partial charge in [-0.15, -0.1) is 0 Å². The second-order valence-electron chi connectivity index (χ2n) is 5.20. The van der Waals surface area contributed by atoms with E-state index in [9.17, 15) is 0 Å². The predicted molar refractivity (Wildman–Crippen MR) is 82.9 cm³/mol. The second kappa shape index (κ2) is 4.25. The lowest BCUT2D eigenvalue weighted by molar-refractivity contribution is 1.81. The van der Waals surface area contributed by atoms with Crippen LogP contribution >= 0.6 is 22.7 Å². The molecule has 0 saturated heterocycles. The van der Waals surface area contributed by atoms with Gasteiger partial charge in [0.1, 0.15) is 0 Å². The third-order valence-corrected chi connectivity index (χ3v) is 27.0. The Balaban J connectivity index is 2.44. The standard InChI is InChI=1S/C12H18S2Si2/c1-15(2,11-7-5-9-13-11)16(3,4)12-8-6-10-14-12/h5-10H,1-4H3. The molecule has 0 aromatic carbocycles. The lowest BCUT2D eigenvalue weighted by atomic mass is 10.7. The van der Waals surface area contributed by atoms with Crippen molar-refractivity contribution in [3.05, 3.63) is 35.0 Å². The highest BCUT2D eigenvalue weighted by molar-refractivity contribution is 7.58. The normalized spacial score (nSPS) is 13.0. The van der Waals surface area contributed by atoms with Gasteiger partial charge in [0.15, 0.2) is 0 Å². The molecule has 0 radical (unpaired) electrons. The highest BCUT2D eigenvalue weighted by atomic mass is 32.1. The zero-order valence-corrected chi connectivity index (χ0v) is 13.9. The minimum Gasteiger partial charge on any atom is -0.154 e. The third kappa shape index (κ3) is 1.88. The van der Waals surface area contributed by atoms with Crippen LogP contribution in [0.15, 0.2) is 35.0 Å². The van der Waals surface area contributed by atoms with Crippen molar-refractivity contribution in [2.45, 2.75) is 26.2 Å². The van der Waals surface area contributed by atoms with Gasteiger partial charge in [0.25, 0.3) is 0 Å². The molecule has 0 aliphatic heterocycles. The van der Waals surface area contributed by atoms with Gasteiger partial charge in [-0.05, 0) is 19.8 Å². The molecule has 0 bridgehead atoms. The van der Waals surface area contributed by atoms with Crippen molar-refractivity contribution < 1.29 is 0 Å². The van der Waals surface area contributed by atoms with E-state index in [4.69, 9.17) is 0 Å². The molecule has 0 fully saturated rings. The Kier molecular flexibility index (Phi) is 3.27. The summed E-state index contributed by atoms with van der Waals surface area (Å²) in [6, 6.07) is 9.10. The van der Waals surface area contributed by atoms with Gasteiger partial charge >= 0.3 is 0 Å². The second-order valence-corrected chi connectivity index (χ2v) is 22.9. The van der Waals surface area contributed by atoms with Crippen LogP contribution in [-0.2, 0) is 0 Å². The number of hydrogen-bond acceptors (Lipinski definition) is 2. The van der Waals surface area contributed by atoms with Crippen LogP contribution in [0.25, 0.3) is 0 Å². The van der Waals surface area contributed by atoms with E-state index in [2.05, 4.69) is 61.2 Å². The van der Waals surface area contributed by atoms with E-state index < -0.39 is 15.2 Å². The van der Waals surface area contributed by atoms with Crippen molar-refractivity contribution in [2.75, 3.05) is 0 Å². The number of thiophene rings is 2. The van der Waals surface area contributed by atoms with Gasteiger partial charge in [0.2, 0.25) is 0 Å². The van der Waals surface area contributed by atoms with E-state index in [0.717, 1.165) is 0 Å². The van der Waals surface area contributed by atoms with Crippen LogP contribution in [0.1, 0.15) is 0 Å². The quantitative estimate of drug-likeness (QED) is 0.757. The monoisotopic (exact) mass is 282 g/mol. The molecule has 2 heterocycles. The fraction of sp³-hybridized carbons (Fsp3) is 0.333. The first-order valence-electron chi connectivity index (χ1n) is 5.54. The molecule has 0 aliphatic rings. The predicted octanol–water partition coefficient (Wildman–Crippen LogP) is 3.42. The minimum absolute atomic E-state index is 1.29. The fourth-order valence-corrected chi connectivity index (χ4v) is 17.7. The number of hydrogen-bond donors (Lipinski definition) is 0. The molecule has 86 valence electrons. The molecule has 0 saturated carbocycles. The van der Waals surface area contributed by atoms with E-state index in [0.29, 0.717) is 0 Å². The molecule has 2 rings (SSSR count). The van der Waals surface area contributed by atoms with Gasteiger partial charge in [-0.25, -0.2) is 0 Å². The maximum absolute atomic E-state index is 2.55. The number of rotatable bonds is 3. The van der Waals surface area contributed by atoms with Crippen LogP contribution in [0.5, 0.6) is 0 Å². The Hall–Kier alpha value is -0.166. The van der Waals surface area contributed by atoms with Crippen molar-refractivity contribution in [3.8, 4) is 0 Å². The lowest BCUT2D eigenvalue weighted by Crippen LogP contribution is -2.67. The summed E-state index contributed by atoms with van der Waals surface area (Å²) in [5.74, 6) is 0. The molecule has 0 N–H and O–H groups in total. The van der Waals surface area contributed by atoms with E-state index in [-0.39, 0.29) is 0 Å². The zero-order chi connectivity index (χ0) is 11.8. The maximum Gasteiger partial charge on any atom is 0.0927 e. The third-order valence-electron chi connectivity index (χ3n) is 3.84. The summed E-state index contributed by atoms with van der Waals surface area (Å²) in [7, 11) is -2.58. The van der Waals surface area contributed by atoms with Crippen LogP contribution in [0, 0.1) is 0 Å². The molecular weight excluding hydrogens is 264 g/mol. The first-order valence-corrected chi connectivity index (χ1v) is 14.3. The Morgan fingerprint density at radius 2 is 1.12 bits per heavy atom. The molecule has 0 nitrogen and oxygen atoms in total. The lowest BCUT2D eigenvalue weighted by Gasteiger charge is -2.36. The van der Waals surface area contributed by atoms with Crippen LogP contribution in [0.2, 0.25) is 26.2 Å². The summed E-state index contributed by atoms with van der Waals surface area (Å²) < 4.78 is 3.33. The summed E-state index contributed by atoms with van der Waals surface area (Å²) >= 11 is 3.91. The topological polar surface area (TPSA) is 0 Å². The molecule has 4 heteroatoms. The first kappa shape index (κ1) is 12.3. The van der Waals surface area contributed by atoms with Crippen molar-refractivity contribution in [1.29, 1.82) is 0 Å². The SMILES string of the molecule is C[Si](C)(c1cccs1)[Si](C)(C)c1cccs1. The van der Waals surface area contributed by atoms with E-state index in [1.54, 1.807) is 9.00 Å². The molecule has 0 aliphatic carbocycles. The van der Waals surface area contributed by atoms with E-state index in [1.165, 1.54) is 0 Å². The highest BCUT2D eigenvalue weighted by Gasteiger charge is 2.45. The molecule has 0 spiro atoms. The Morgan fingerprint density at radius 1 is 0.750 bits per heavy atom. The summed E-state index contributed by atoms with van der Waals surface area (Å²) in [4.78, 5) is 0. The molecule has 0 amide bonds. The summed E-state index contributed by atoms with van der Waals surface area (Å²) in [6.07, 6.45) is 0. The molecule has 2 aromatic heterocycles. The summed E-state index contributed by atoms with van der Waals surface area (Å²) in [5, 5.41) is 4.45. The average molecular weight is 283 g/mol. The maximum atomic E-state index is 2.55.